The lowest BCUT2D eigenvalue weighted by molar-refractivity contribution is 0.369. The van der Waals surface area contributed by atoms with Crippen molar-refractivity contribution in [3.8, 4) is 6.07 Å². The van der Waals surface area contributed by atoms with Gasteiger partial charge in [-0.1, -0.05) is 13.3 Å². The van der Waals surface area contributed by atoms with Crippen LogP contribution in [0.3, 0.4) is 0 Å². The van der Waals surface area contributed by atoms with Gasteiger partial charge < -0.3 is 5.73 Å². The maximum atomic E-state index is 12.4. The van der Waals surface area contributed by atoms with Crippen LogP contribution in [0, 0.1) is 11.3 Å². The van der Waals surface area contributed by atoms with Gasteiger partial charge in [0.05, 0.1) is 17.3 Å². The molecule has 0 saturated carbocycles. The van der Waals surface area contributed by atoms with Crippen molar-refractivity contribution in [2.75, 3.05) is 12.8 Å². The third-order valence-electron chi connectivity index (χ3n) is 3.12. The van der Waals surface area contributed by atoms with Gasteiger partial charge >= 0.3 is 0 Å². The van der Waals surface area contributed by atoms with Crippen molar-refractivity contribution in [1.82, 2.24) is 4.31 Å². The molecule has 0 bridgehead atoms. The van der Waals surface area contributed by atoms with Gasteiger partial charge in [-0.2, -0.15) is 9.57 Å². The van der Waals surface area contributed by atoms with E-state index in [0.717, 1.165) is 12.8 Å². The molecule has 19 heavy (non-hydrogen) atoms. The second-order valence-electron chi connectivity index (χ2n) is 4.52. The van der Waals surface area contributed by atoms with Crippen LogP contribution in [0.4, 0.5) is 5.69 Å². The standard InChI is InChI=1S/C13H19N3O2S/c1-4-5-10(2)16(3)19(17,18)13-7-6-11(9-14)8-12(13)15/h6-8,10H,4-5,15H2,1-3H3. The van der Waals surface area contributed by atoms with Crippen LogP contribution in [-0.2, 0) is 10.0 Å². The van der Waals surface area contributed by atoms with Crippen molar-refractivity contribution in [2.45, 2.75) is 37.6 Å². The van der Waals surface area contributed by atoms with Crippen LogP contribution in [0.1, 0.15) is 32.3 Å². The molecule has 1 aromatic carbocycles. The Bertz CT molecular complexity index is 590. The van der Waals surface area contributed by atoms with E-state index in [4.69, 9.17) is 11.0 Å². The quantitative estimate of drug-likeness (QED) is 0.836. The summed E-state index contributed by atoms with van der Waals surface area (Å²) in [6.45, 7) is 3.87. The predicted octanol–water partition coefficient (Wildman–Crippen LogP) is 1.95. The van der Waals surface area contributed by atoms with E-state index in [9.17, 15) is 8.42 Å². The molecule has 0 spiro atoms. The molecular formula is C13H19N3O2S. The Morgan fingerprint density at radius 3 is 2.58 bits per heavy atom. The average molecular weight is 281 g/mol. The Kier molecular flexibility index (Phi) is 4.92. The monoisotopic (exact) mass is 281 g/mol. The normalized spacial score (nSPS) is 13.2. The number of nitrogens with zero attached hydrogens (tertiary/aromatic N) is 2. The maximum Gasteiger partial charge on any atom is 0.245 e. The Hall–Kier alpha value is -1.58. The largest absolute Gasteiger partial charge is 0.398 e. The molecule has 0 amide bonds. The third kappa shape index (κ3) is 3.25. The summed E-state index contributed by atoms with van der Waals surface area (Å²) >= 11 is 0. The fourth-order valence-electron chi connectivity index (χ4n) is 1.84. The molecule has 0 saturated heterocycles. The minimum absolute atomic E-state index is 0.0527. The summed E-state index contributed by atoms with van der Waals surface area (Å²) in [4.78, 5) is 0.0527. The number of sulfonamides is 1. The van der Waals surface area contributed by atoms with Crippen molar-refractivity contribution in [2.24, 2.45) is 0 Å². The first-order valence-electron chi connectivity index (χ1n) is 6.12. The number of rotatable bonds is 5. The molecule has 1 atom stereocenters. The topological polar surface area (TPSA) is 87.2 Å². The molecule has 5 nitrogen and oxygen atoms in total. The summed E-state index contributed by atoms with van der Waals surface area (Å²) < 4.78 is 26.2. The second-order valence-corrected chi connectivity index (χ2v) is 6.49. The molecule has 1 unspecified atom stereocenters. The summed E-state index contributed by atoms with van der Waals surface area (Å²) in [6.07, 6.45) is 1.69. The van der Waals surface area contributed by atoms with E-state index >= 15 is 0 Å². The molecule has 6 heteroatoms. The van der Waals surface area contributed by atoms with Crippen LogP contribution in [0.15, 0.2) is 23.1 Å². The van der Waals surface area contributed by atoms with Crippen LogP contribution in [-0.4, -0.2) is 25.8 Å². The summed E-state index contributed by atoms with van der Waals surface area (Å²) in [6, 6.07) is 6.07. The molecular weight excluding hydrogens is 262 g/mol. The van der Waals surface area contributed by atoms with E-state index < -0.39 is 10.0 Å². The Balaban J connectivity index is 3.17. The Morgan fingerprint density at radius 1 is 1.47 bits per heavy atom. The van der Waals surface area contributed by atoms with Crippen molar-refractivity contribution in [3.05, 3.63) is 23.8 Å². The van der Waals surface area contributed by atoms with Crippen molar-refractivity contribution in [1.29, 1.82) is 5.26 Å². The van der Waals surface area contributed by atoms with Crippen molar-refractivity contribution < 1.29 is 8.42 Å². The van der Waals surface area contributed by atoms with Gasteiger partial charge in [0.15, 0.2) is 0 Å². The first-order valence-corrected chi connectivity index (χ1v) is 7.56. The fraction of sp³-hybridized carbons (Fsp3) is 0.462. The van der Waals surface area contributed by atoms with E-state index in [-0.39, 0.29) is 16.6 Å². The number of anilines is 1. The van der Waals surface area contributed by atoms with Gasteiger partial charge in [0.1, 0.15) is 4.90 Å². The third-order valence-corrected chi connectivity index (χ3v) is 5.17. The van der Waals surface area contributed by atoms with Gasteiger partial charge in [0, 0.05) is 13.1 Å². The molecule has 0 aromatic heterocycles. The zero-order valence-corrected chi connectivity index (χ0v) is 12.2. The molecule has 1 rings (SSSR count). The van der Waals surface area contributed by atoms with Gasteiger partial charge in [-0.3, -0.25) is 0 Å². The lowest BCUT2D eigenvalue weighted by Crippen LogP contribution is -2.35. The van der Waals surface area contributed by atoms with Crippen LogP contribution in [0.5, 0.6) is 0 Å². The van der Waals surface area contributed by atoms with Gasteiger partial charge in [-0.25, -0.2) is 8.42 Å². The number of hydrogen-bond donors (Lipinski definition) is 1. The second kappa shape index (κ2) is 6.04. The smallest absolute Gasteiger partial charge is 0.245 e. The van der Waals surface area contributed by atoms with Crippen molar-refractivity contribution in [3.63, 3.8) is 0 Å². The molecule has 0 fully saturated rings. The molecule has 2 N–H and O–H groups in total. The van der Waals surface area contributed by atoms with Gasteiger partial charge in [-0.15, -0.1) is 0 Å². The molecule has 104 valence electrons. The molecule has 0 aliphatic carbocycles. The van der Waals surface area contributed by atoms with Crippen LogP contribution in [0.2, 0.25) is 0 Å². The number of nitrogen functional groups attached to an aromatic ring is 1. The minimum atomic E-state index is -3.62. The molecule has 0 radical (unpaired) electrons. The summed E-state index contributed by atoms with van der Waals surface area (Å²) in [5, 5.41) is 8.76. The van der Waals surface area contributed by atoms with Gasteiger partial charge in [0.2, 0.25) is 10.0 Å². The summed E-state index contributed by atoms with van der Waals surface area (Å²) in [5.41, 5.74) is 6.19. The number of nitriles is 1. The summed E-state index contributed by atoms with van der Waals surface area (Å²) in [5.74, 6) is 0. The molecule has 1 aromatic rings. The van der Waals surface area contributed by atoms with Crippen LogP contribution >= 0.6 is 0 Å². The zero-order valence-electron chi connectivity index (χ0n) is 11.4. The van der Waals surface area contributed by atoms with E-state index in [1.165, 1.54) is 22.5 Å². The highest BCUT2D eigenvalue weighted by atomic mass is 32.2. The SMILES string of the molecule is CCCC(C)N(C)S(=O)(=O)c1ccc(C#N)cc1N. The van der Waals surface area contributed by atoms with Gasteiger partial charge in [0.25, 0.3) is 0 Å². The maximum absolute atomic E-state index is 12.4. The number of nitrogens with two attached hydrogens (primary N) is 1. The highest BCUT2D eigenvalue weighted by Crippen LogP contribution is 2.24. The highest BCUT2D eigenvalue weighted by Gasteiger charge is 2.26. The Morgan fingerprint density at radius 2 is 2.11 bits per heavy atom. The lowest BCUT2D eigenvalue weighted by atomic mass is 10.2. The molecule has 0 heterocycles. The van der Waals surface area contributed by atoms with E-state index in [1.54, 1.807) is 7.05 Å². The summed E-state index contributed by atoms with van der Waals surface area (Å²) in [7, 11) is -2.07. The number of benzene rings is 1. The number of hydrogen-bond acceptors (Lipinski definition) is 4. The van der Waals surface area contributed by atoms with Crippen molar-refractivity contribution >= 4 is 15.7 Å². The Labute approximate surface area is 114 Å². The highest BCUT2D eigenvalue weighted by molar-refractivity contribution is 7.89. The van der Waals surface area contributed by atoms with Crippen LogP contribution < -0.4 is 5.73 Å². The fourth-order valence-corrected chi connectivity index (χ4v) is 3.33. The first-order chi connectivity index (χ1) is 8.84. The van der Waals surface area contributed by atoms with E-state index in [0.29, 0.717) is 5.56 Å². The predicted molar refractivity (Wildman–Crippen MR) is 74.9 cm³/mol. The average Bonchev–Trinajstić information content (AvgIpc) is 2.37. The first kappa shape index (κ1) is 15.5. The zero-order chi connectivity index (χ0) is 14.6. The van der Waals surface area contributed by atoms with Gasteiger partial charge in [-0.05, 0) is 31.5 Å². The minimum Gasteiger partial charge on any atom is -0.398 e. The van der Waals surface area contributed by atoms with E-state index in [2.05, 4.69) is 0 Å². The molecule has 0 aliphatic rings. The van der Waals surface area contributed by atoms with Crippen LogP contribution in [0.25, 0.3) is 0 Å². The lowest BCUT2D eigenvalue weighted by Gasteiger charge is -2.24. The van der Waals surface area contributed by atoms with E-state index in [1.807, 2.05) is 19.9 Å². The molecule has 0 aliphatic heterocycles.